The number of hydrogen-bond acceptors (Lipinski definition) is 1. The molecule has 0 radical (unpaired) electrons. The van der Waals surface area contributed by atoms with Crippen molar-refractivity contribution in [1.82, 2.24) is 0 Å². The van der Waals surface area contributed by atoms with Crippen LogP contribution in [0.3, 0.4) is 0 Å². The highest BCUT2D eigenvalue weighted by atomic mass is 16.1. The Balaban J connectivity index is 2.21. The minimum absolute atomic E-state index is 0.00556. The van der Waals surface area contributed by atoms with E-state index in [1.807, 2.05) is 55.5 Å². The zero-order valence-corrected chi connectivity index (χ0v) is 12.8. The molecule has 0 aliphatic rings. The summed E-state index contributed by atoms with van der Waals surface area (Å²) in [5.41, 5.74) is 3.29. The second-order valence-corrected chi connectivity index (χ2v) is 5.46. The predicted molar refractivity (Wildman–Crippen MR) is 88.5 cm³/mol. The maximum Gasteiger partial charge on any atom is 0.166 e. The molecule has 1 unspecified atom stereocenters. The van der Waals surface area contributed by atoms with Crippen molar-refractivity contribution in [3.63, 3.8) is 0 Å². The maximum absolute atomic E-state index is 12.8. The van der Waals surface area contributed by atoms with Gasteiger partial charge in [-0.2, -0.15) is 0 Å². The molecule has 0 aromatic heterocycles. The first-order chi connectivity index (χ1) is 10.2. The van der Waals surface area contributed by atoms with Gasteiger partial charge in [-0.25, -0.2) is 0 Å². The Labute approximate surface area is 127 Å². The average molecular weight is 278 g/mol. The second-order valence-electron chi connectivity index (χ2n) is 5.46. The van der Waals surface area contributed by atoms with Crippen LogP contribution in [0.4, 0.5) is 0 Å². The van der Waals surface area contributed by atoms with E-state index in [1.165, 1.54) is 11.1 Å². The van der Waals surface area contributed by atoms with E-state index in [-0.39, 0.29) is 11.7 Å². The van der Waals surface area contributed by atoms with E-state index >= 15 is 0 Å². The molecule has 0 N–H and O–H groups in total. The van der Waals surface area contributed by atoms with Crippen molar-refractivity contribution in [3.8, 4) is 0 Å². The smallest absolute Gasteiger partial charge is 0.166 e. The maximum atomic E-state index is 12.8. The minimum Gasteiger partial charge on any atom is -0.294 e. The SMILES string of the molecule is C/C=C(\C)CC(Cc1ccccc1)C(=O)c1ccccc1. The van der Waals surface area contributed by atoms with Crippen LogP contribution in [-0.4, -0.2) is 5.78 Å². The standard InChI is InChI=1S/C20H22O/c1-3-16(2)14-19(15-17-10-6-4-7-11-17)20(21)18-12-8-5-9-13-18/h3-13,19H,14-15H2,1-2H3/b16-3+. The summed E-state index contributed by atoms with van der Waals surface area (Å²) < 4.78 is 0. The van der Waals surface area contributed by atoms with E-state index in [0.717, 1.165) is 18.4 Å². The van der Waals surface area contributed by atoms with Gasteiger partial charge in [-0.3, -0.25) is 4.79 Å². The molecule has 2 rings (SSSR count). The Morgan fingerprint density at radius 2 is 1.57 bits per heavy atom. The summed E-state index contributed by atoms with van der Waals surface area (Å²) in [7, 11) is 0. The lowest BCUT2D eigenvalue weighted by atomic mass is 9.86. The van der Waals surface area contributed by atoms with Gasteiger partial charge in [-0.15, -0.1) is 0 Å². The first kappa shape index (κ1) is 15.2. The van der Waals surface area contributed by atoms with Gasteiger partial charge in [0.25, 0.3) is 0 Å². The van der Waals surface area contributed by atoms with Crippen LogP contribution in [0.1, 0.15) is 36.2 Å². The molecule has 108 valence electrons. The fraction of sp³-hybridized carbons (Fsp3) is 0.250. The molecule has 0 heterocycles. The van der Waals surface area contributed by atoms with Crippen LogP contribution in [0, 0.1) is 5.92 Å². The van der Waals surface area contributed by atoms with E-state index in [2.05, 4.69) is 25.1 Å². The Morgan fingerprint density at radius 1 is 1.00 bits per heavy atom. The molecule has 1 atom stereocenters. The zero-order chi connectivity index (χ0) is 15.1. The van der Waals surface area contributed by atoms with Crippen molar-refractivity contribution in [2.75, 3.05) is 0 Å². The van der Waals surface area contributed by atoms with Crippen LogP contribution >= 0.6 is 0 Å². The molecule has 0 fully saturated rings. The fourth-order valence-corrected chi connectivity index (χ4v) is 2.50. The number of benzene rings is 2. The summed E-state index contributed by atoms with van der Waals surface area (Å²) >= 11 is 0. The second kappa shape index (κ2) is 7.58. The number of carbonyl (C=O) groups is 1. The monoisotopic (exact) mass is 278 g/mol. The van der Waals surface area contributed by atoms with Gasteiger partial charge in [0.05, 0.1) is 0 Å². The molecule has 0 amide bonds. The van der Waals surface area contributed by atoms with Crippen molar-refractivity contribution in [2.45, 2.75) is 26.7 Å². The molecule has 1 nitrogen and oxygen atoms in total. The number of hydrogen-bond donors (Lipinski definition) is 0. The van der Waals surface area contributed by atoms with Crippen LogP contribution in [0.15, 0.2) is 72.3 Å². The summed E-state index contributed by atoms with van der Waals surface area (Å²) in [5, 5.41) is 0. The van der Waals surface area contributed by atoms with Crippen LogP contribution in [0.2, 0.25) is 0 Å². The molecule has 0 bridgehead atoms. The Bertz CT molecular complexity index is 596. The molecule has 1 heteroatoms. The third kappa shape index (κ3) is 4.42. The van der Waals surface area contributed by atoms with Crippen molar-refractivity contribution in [2.24, 2.45) is 5.92 Å². The van der Waals surface area contributed by atoms with Gasteiger partial charge in [-0.1, -0.05) is 72.3 Å². The van der Waals surface area contributed by atoms with Crippen LogP contribution < -0.4 is 0 Å². The third-order valence-corrected chi connectivity index (χ3v) is 3.82. The average Bonchev–Trinajstić information content (AvgIpc) is 2.55. The summed E-state index contributed by atoms with van der Waals surface area (Å²) in [4.78, 5) is 12.8. The molecule has 21 heavy (non-hydrogen) atoms. The van der Waals surface area contributed by atoms with Crippen LogP contribution in [0.25, 0.3) is 0 Å². The van der Waals surface area contributed by atoms with E-state index in [1.54, 1.807) is 0 Å². The lowest BCUT2D eigenvalue weighted by Crippen LogP contribution is -2.18. The van der Waals surface area contributed by atoms with E-state index < -0.39 is 0 Å². The highest BCUT2D eigenvalue weighted by Crippen LogP contribution is 2.21. The van der Waals surface area contributed by atoms with Crippen LogP contribution in [0.5, 0.6) is 0 Å². The van der Waals surface area contributed by atoms with Crippen LogP contribution in [-0.2, 0) is 6.42 Å². The zero-order valence-electron chi connectivity index (χ0n) is 12.8. The molecule has 0 aliphatic heterocycles. The van der Waals surface area contributed by atoms with Crippen molar-refractivity contribution < 1.29 is 4.79 Å². The predicted octanol–water partition coefficient (Wildman–Crippen LogP) is 5.08. The summed E-state index contributed by atoms with van der Waals surface area (Å²) in [6.07, 6.45) is 3.70. The highest BCUT2D eigenvalue weighted by molar-refractivity contribution is 5.98. The third-order valence-electron chi connectivity index (χ3n) is 3.82. The van der Waals surface area contributed by atoms with Gasteiger partial charge in [0.15, 0.2) is 5.78 Å². The summed E-state index contributed by atoms with van der Waals surface area (Å²) in [6.45, 7) is 4.12. The number of rotatable bonds is 6. The van der Waals surface area contributed by atoms with Gasteiger partial charge in [0, 0.05) is 11.5 Å². The molecule has 0 spiro atoms. The number of Topliss-reactive ketones (excluding diaryl/α,β-unsaturated/α-hetero) is 1. The highest BCUT2D eigenvalue weighted by Gasteiger charge is 2.20. The molecule has 0 aliphatic carbocycles. The number of carbonyl (C=O) groups excluding carboxylic acids is 1. The molecule has 0 saturated carbocycles. The minimum atomic E-state index is 0.00556. The number of allylic oxidation sites excluding steroid dienone is 2. The fourth-order valence-electron chi connectivity index (χ4n) is 2.50. The topological polar surface area (TPSA) is 17.1 Å². The van der Waals surface area contributed by atoms with Gasteiger partial charge in [0.1, 0.15) is 0 Å². The Morgan fingerprint density at radius 3 is 2.14 bits per heavy atom. The van der Waals surface area contributed by atoms with Crippen molar-refractivity contribution in [3.05, 3.63) is 83.4 Å². The lowest BCUT2D eigenvalue weighted by molar-refractivity contribution is 0.0918. The van der Waals surface area contributed by atoms with Crippen molar-refractivity contribution >= 4 is 5.78 Å². The first-order valence-electron chi connectivity index (χ1n) is 7.45. The molecular weight excluding hydrogens is 256 g/mol. The van der Waals surface area contributed by atoms with Gasteiger partial charge in [-0.05, 0) is 32.3 Å². The van der Waals surface area contributed by atoms with E-state index in [0.29, 0.717) is 0 Å². The van der Waals surface area contributed by atoms with E-state index in [4.69, 9.17) is 0 Å². The summed E-state index contributed by atoms with van der Waals surface area (Å²) in [5.74, 6) is 0.242. The van der Waals surface area contributed by atoms with Crippen molar-refractivity contribution in [1.29, 1.82) is 0 Å². The van der Waals surface area contributed by atoms with Gasteiger partial charge >= 0.3 is 0 Å². The van der Waals surface area contributed by atoms with Gasteiger partial charge in [0.2, 0.25) is 0 Å². The first-order valence-corrected chi connectivity index (χ1v) is 7.45. The molecule has 0 saturated heterocycles. The molecule has 2 aromatic rings. The van der Waals surface area contributed by atoms with E-state index in [9.17, 15) is 4.79 Å². The largest absolute Gasteiger partial charge is 0.294 e. The summed E-state index contributed by atoms with van der Waals surface area (Å²) in [6, 6.07) is 19.9. The molecular formula is C20H22O. The Hall–Kier alpha value is -2.15. The quantitative estimate of drug-likeness (QED) is 0.531. The Kier molecular flexibility index (Phi) is 5.51. The lowest BCUT2D eigenvalue weighted by Gasteiger charge is -2.16. The van der Waals surface area contributed by atoms with Gasteiger partial charge < -0.3 is 0 Å². The normalized spacial score (nSPS) is 13.0. The molecule has 2 aromatic carbocycles. The number of ketones is 1.